The molecule has 9 heteroatoms. The molecule has 1 unspecified atom stereocenters. The van der Waals surface area contributed by atoms with Gasteiger partial charge in [-0.25, -0.2) is 9.18 Å². The summed E-state index contributed by atoms with van der Waals surface area (Å²) in [5, 5.41) is 12.9. The molecule has 0 heterocycles. The van der Waals surface area contributed by atoms with Crippen molar-refractivity contribution in [2.75, 3.05) is 18.9 Å². The second-order valence-corrected chi connectivity index (χ2v) is 4.72. The van der Waals surface area contributed by atoms with Crippen molar-refractivity contribution in [3.8, 4) is 0 Å². The van der Waals surface area contributed by atoms with Crippen LogP contribution in [0.3, 0.4) is 0 Å². The van der Waals surface area contributed by atoms with Crippen molar-refractivity contribution < 1.29 is 23.9 Å². The van der Waals surface area contributed by atoms with E-state index in [1.165, 1.54) is 30.0 Å². The molecule has 0 radical (unpaired) electrons. The van der Waals surface area contributed by atoms with Gasteiger partial charge in [0.1, 0.15) is 5.82 Å². The maximum Gasteiger partial charge on any atom is 0.326 e. The fourth-order valence-corrected chi connectivity index (χ4v) is 1.60. The number of aliphatic carboxylic acids is 1. The molecular formula is C14H19ClFN3O4. The topological polar surface area (TPSA) is 98.7 Å². The van der Waals surface area contributed by atoms with Crippen LogP contribution in [0.25, 0.3) is 0 Å². The molecule has 0 saturated heterocycles. The monoisotopic (exact) mass is 347 g/mol. The van der Waals surface area contributed by atoms with E-state index in [1.54, 1.807) is 13.1 Å². The van der Waals surface area contributed by atoms with Gasteiger partial charge in [-0.15, -0.1) is 12.4 Å². The second-order valence-electron chi connectivity index (χ2n) is 4.72. The molecule has 0 bridgehead atoms. The largest absolute Gasteiger partial charge is 0.481 e. The van der Waals surface area contributed by atoms with Crippen LogP contribution in [0.5, 0.6) is 0 Å². The van der Waals surface area contributed by atoms with Gasteiger partial charge in [0.25, 0.3) is 0 Å². The highest BCUT2D eigenvalue weighted by Gasteiger charge is 2.20. The molecule has 1 atom stereocenters. The van der Waals surface area contributed by atoms with Gasteiger partial charge in [0.15, 0.2) is 0 Å². The summed E-state index contributed by atoms with van der Waals surface area (Å²) >= 11 is 0. The van der Waals surface area contributed by atoms with E-state index >= 15 is 0 Å². The smallest absolute Gasteiger partial charge is 0.326 e. The number of amides is 3. The molecule has 0 aromatic heterocycles. The zero-order valence-electron chi connectivity index (χ0n) is 12.7. The number of hydrogen-bond acceptors (Lipinski definition) is 4. The number of likely N-dealkylation sites (N-methyl/N-ethyl adjacent to an activating group) is 1. The van der Waals surface area contributed by atoms with E-state index in [1.807, 2.05) is 0 Å². The van der Waals surface area contributed by atoms with Crippen LogP contribution in [-0.4, -0.2) is 47.5 Å². The minimum Gasteiger partial charge on any atom is -0.481 e. The predicted molar refractivity (Wildman–Crippen MR) is 85.2 cm³/mol. The third-order valence-electron chi connectivity index (χ3n) is 3.08. The highest BCUT2D eigenvalue weighted by molar-refractivity contribution is 6.02. The Hall–Kier alpha value is -2.19. The summed E-state index contributed by atoms with van der Waals surface area (Å²) in [6.45, 7) is 1.70. The number of nitrogens with zero attached hydrogens (tertiary/aromatic N) is 1. The molecule has 23 heavy (non-hydrogen) atoms. The van der Waals surface area contributed by atoms with Crippen molar-refractivity contribution in [2.45, 2.75) is 19.4 Å². The van der Waals surface area contributed by atoms with Gasteiger partial charge >= 0.3 is 12.0 Å². The van der Waals surface area contributed by atoms with E-state index in [4.69, 9.17) is 5.11 Å². The summed E-state index contributed by atoms with van der Waals surface area (Å²) in [5.74, 6) is -2.20. The number of hydrogen-bond donors (Lipinski definition) is 3. The Kier molecular flexibility index (Phi) is 8.82. The third kappa shape index (κ3) is 7.07. The fourth-order valence-electron chi connectivity index (χ4n) is 1.60. The minimum absolute atomic E-state index is 0. The number of carbonyl (C=O) groups is 3. The van der Waals surface area contributed by atoms with Gasteiger partial charge < -0.3 is 10.4 Å². The highest BCUT2D eigenvalue weighted by atomic mass is 35.5. The van der Waals surface area contributed by atoms with Gasteiger partial charge in [0.05, 0.1) is 18.2 Å². The molecule has 0 fully saturated rings. The fraction of sp³-hybridized carbons (Fsp3) is 0.357. The van der Waals surface area contributed by atoms with Crippen molar-refractivity contribution in [3.05, 3.63) is 30.1 Å². The molecule has 1 aromatic rings. The lowest BCUT2D eigenvalue weighted by molar-refractivity contribution is -0.138. The number of carbonyl (C=O) groups excluding carboxylic acids is 2. The van der Waals surface area contributed by atoms with Gasteiger partial charge in [-0.2, -0.15) is 0 Å². The summed E-state index contributed by atoms with van der Waals surface area (Å²) in [5.41, 5.74) is -0.0420. The van der Waals surface area contributed by atoms with E-state index < -0.39 is 29.8 Å². The molecule has 3 amide bonds. The molecule has 7 nitrogen and oxygen atoms in total. The SMILES string of the molecule is CC(C(=O)NC(=O)Nc1ccccc1F)N(C)CCC(=O)O.Cl. The summed E-state index contributed by atoms with van der Waals surface area (Å²) in [6.07, 6.45) is -0.116. The Labute approximate surface area is 139 Å². The van der Waals surface area contributed by atoms with Crippen LogP contribution in [0.1, 0.15) is 13.3 Å². The second kappa shape index (κ2) is 9.75. The zero-order valence-corrected chi connectivity index (χ0v) is 13.5. The Bertz CT molecular complexity index is 571. The van der Waals surface area contributed by atoms with Crippen LogP contribution in [-0.2, 0) is 9.59 Å². The van der Waals surface area contributed by atoms with Crippen molar-refractivity contribution in [2.24, 2.45) is 0 Å². The molecule has 0 aliphatic carbocycles. The van der Waals surface area contributed by atoms with Crippen molar-refractivity contribution in [1.82, 2.24) is 10.2 Å². The van der Waals surface area contributed by atoms with Crippen LogP contribution in [0.15, 0.2) is 24.3 Å². The highest BCUT2D eigenvalue weighted by Crippen LogP contribution is 2.11. The molecule has 0 spiro atoms. The summed E-state index contributed by atoms with van der Waals surface area (Å²) in [6, 6.07) is 4.01. The van der Waals surface area contributed by atoms with Crippen LogP contribution >= 0.6 is 12.4 Å². The van der Waals surface area contributed by atoms with E-state index in [-0.39, 0.29) is 31.1 Å². The number of carboxylic acids is 1. The van der Waals surface area contributed by atoms with Gasteiger partial charge in [0.2, 0.25) is 5.91 Å². The van der Waals surface area contributed by atoms with Crippen LogP contribution < -0.4 is 10.6 Å². The quantitative estimate of drug-likeness (QED) is 0.727. The molecule has 1 rings (SSSR count). The van der Waals surface area contributed by atoms with Crippen molar-refractivity contribution in [3.63, 3.8) is 0 Å². The average molecular weight is 348 g/mol. The summed E-state index contributed by atoms with van der Waals surface area (Å²) in [4.78, 5) is 35.5. The summed E-state index contributed by atoms with van der Waals surface area (Å²) < 4.78 is 13.4. The number of urea groups is 1. The van der Waals surface area contributed by atoms with E-state index in [0.717, 1.165) is 0 Å². The Morgan fingerprint density at radius 2 is 1.91 bits per heavy atom. The molecule has 0 aliphatic heterocycles. The Morgan fingerprint density at radius 1 is 1.30 bits per heavy atom. The lowest BCUT2D eigenvalue weighted by Crippen LogP contribution is -2.47. The van der Waals surface area contributed by atoms with Crippen molar-refractivity contribution in [1.29, 1.82) is 0 Å². The lowest BCUT2D eigenvalue weighted by Gasteiger charge is -2.22. The number of benzene rings is 1. The van der Waals surface area contributed by atoms with Gasteiger partial charge in [-0.05, 0) is 26.1 Å². The molecule has 0 aliphatic rings. The molecule has 1 aromatic carbocycles. The first-order valence-electron chi connectivity index (χ1n) is 6.59. The van der Waals surface area contributed by atoms with Crippen molar-refractivity contribution >= 4 is 36.0 Å². The number of para-hydroxylation sites is 1. The molecule has 3 N–H and O–H groups in total. The van der Waals surface area contributed by atoms with Gasteiger partial charge in [-0.1, -0.05) is 12.1 Å². The van der Waals surface area contributed by atoms with Gasteiger partial charge in [-0.3, -0.25) is 19.8 Å². The Morgan fingerprint density at radius 3 is 2.48 bits per heavy atom. The van der Waals surface area contributed by atoms with E-state index in [0.29, 0.717) is 0 Å². The van der Waals surface area contributed by atoms with Gasteiger partial charge in [0, 0.05) is 6.54 Å². The number of halogens is 2. The minimum atomic E-state index is -0.975. The number of rotatable bonds is 6. The number of imide groups is 1. The molecular weight excluding hydrogens is 329 g/mol. The van der Waals surface area contributed by atoms with Crippen LogP contribution in [0.2, 0.25) is 0 Å². The lowest BCUT2D eigenvalue weighted by atomic mass is 10.2. The maximum absolute atomic E-state index is 13.4. The predicted octanol–water partition coefficient (Wildman–Crippen LogP) is 1.69. The first kappa shape index (κ1) is 20.8. The first-order chi connectivity index (χ1) is 10.3. The number of nitrogens with one attached hydrogen (secondary N) is 2. The normalized spacial score (nSPS) is 11.3. The average Bonchev–Trinajstić information content (AvgIpc) is 2.46. The molecule has 128 valence electrons. The third-order valence-corrected chi connectivity index (χ3v) is 3.08. The number of carboxylic acid groups (broad SMARTS) is 1. The summed E-state index contributed by atoms with van der Waals surface area (Å²) in [7, 11) is 1.57. The van der Waals surface area contributed by atoms with Crippen LogP contribution in [0.4, 0.5) is 14.9 Å². The Balaban J connectivity index is 0.00000484. The van der Waals surface area contributed by atoms with E-state index in [9.17, 15) is 18.8 Å². The zero-order chi connectivity index (χ0) is 16.7. The van der Waals surface area contributed by atoms with E-state index in [2.05, 4.69) is 10.6 Å². The van der Waals surface area contributed by atoms with Crippen LogP contribution in [0, 0.1) is 5.82 Å². The number of anilines is 1. The molecule has 0 saturated carbocycles. The standard InChI is InChI=1S/C14H18FN3O4.ClH/c1-9(18(2)8-7-12(19)20)13(21)17-14(22)16-11-6-4-3-5-10(11)15;/h3-6,9H,7-8H2,1-2H3,(H,19,20)(H2,16,17,21,22);1H. The first-order valence-corrected chi connectivity index (χ1v) is 6.59. The maximum atomic E-state index is 13.4.